The largest absolute Gasteiger partial charge is 0.364 e. The number of nitrogens with one attached hydrogen (secondary N) is 2. The molecule has 0 radical (unpaired) electrons. The maximum atomic E-state index is 11.7. The Morgan fingerprint density at radius 1 is 1.47 bits per heavy atom. The van der Waals surface area contributed by atoms with Gasteiger partial charge in [-0.15, -0.1) is 0 Å². The molecule has 0 aromatic carbocycles. The lowest BCUT2D eigenvalue weighted by molar-refractivity contribution is 0.0946. The van der Waals surface area contributed by atoms with Crippen molar-refractivity contribution >= 4 is 11.8 Å². The van der Waals surface area contributed by atoms with E-state index in [2.05, 4.69) is 15.6 Å². The molecule has 1 rings (SSSR count). The molecule has 0 aliphatic heterocycles. The lowest BCUT2D eigenvalue weighted by atomic mass is 10.2. The second-order valence-corrected chi connectivity index (χ2v) is 3.70. The maximum Gasteiger partial charge on any atom is 0.267 e. The highest BCUT2D eigenvalue weighted by Crippen LogP contribution is 1.99. The highest BCUT2D eigenvalue weighted by Gasteiger charge is 2.08. The number of carbonyl (C=O) groups excluding carboxylic acids is 2. The van der Waals surface area contributed by atoms with E-state index < -0.39 is 5.91 Å². The van der Waals surface area contributed by atoms with E-state index in [1.54, 1.807) is 0 Å². The molecule has 2 amide bonds. The molecule has 1 heterocycles. The van der Waals surface area contributed by atoms with Crippen molar-refractivity contribution < 1.29 is 9.59 Å². The van der Waals surface area contributed by atoms with Gasteiger partial charge in [-0.3, -0.25) is 14.6 Å². The van der Waals surface area contributed by atoms with Crippen molar-refractivity contribution in [3.63, 3.8) is 0 Å². The fraction of sp³-hybridized carbons (Fsp3) is 0.364. The lowest BCUT2D eigenvalue weighted by Gasteiger charge is -2.11. The van der Waals surface area contributed by atoms with E-state index >= 15 is 0 Å². The van der Waals surface area contributed by atoms with Crippen LogP contribution >= 0.6 is 0 Å². The van der Waals surface area contributed by atoms with Crippen LogP contribution in [0.25, 0.3) is 0 Å². The summed E-state index contributed by atoms with van der Waals surface area (Å²) < 4.78 is 0. The van der Waals surface area contributed by atoms with Crippen molar-refractivity contribution in [1.82, 2.24) is 15.6 Å². The van der Waals surface area contributed by atoms with Gasteiger partial charge in [-0.2, -0.15) is 0 Å². The quantitative estimate of drug-likeness (QED) is 0.643. The minimum absolute atomic E-state index is 0.144. The molecule has 0 saturated carbocycles. The Hall–Kier alpha value is -1.95. The summed E-state index contributed by atoms with van der Waals surface area (Å²) in [5, 5.41) is 5.74. The van der Waals surface area contributed by atoms with Crippen LogP contribution in [0.1, 0.15) is 27.8 Å². The topological polar surface area (TPSA) is 97.1 Å². The number of pyridine rings is 1. The standard InChI is InChI=1S/C11H16N4O2/c1-7(13-2)5-15-11(17)8-3-4-9(10(12)16)14-6-8/h3-4,6-7,13H,5H2,1-2H3,(H2,12,16)(H,15,17). The molecular weight excluding hydrogens is 220 g/mol. The van der Waals surface area contributed by atoms with Crippen molar-refractivity contribution in [3.05, 3.63) is 29.6 Å². The second-order valence-electron chi connectivity index (χ2n) is 3.70. The van der Waals surface area contributed by atoms with Crippen LogP contribution in [0.5, 0.6) is 0 Å². The van der Waals surface area contributed by atoms with E-state index in [9.17, 15) is 9.59 Å². The predicted octanol–water partition coefficient (Wildman–Crippen LogP) is -0.482. The van der Waals surface area contributed by atoms with E-state index in [-0.39, 0.29) is 17.6 Å². The van der Waals surface area contributed by atoms with Crippen LogP contribution in [-0.4, -0.2) is 36.4 Å². The molecule has 1 unspecified atom stereocenters. The second kappa shape index (κ2) is 5.95. The summed E-state index contributed by atoms with van der Waals surface area (Å²) in [7, 11) is 1.82. The molecule has 1 aromatic rings. The van der Waals surface area contributed by atoms with Crippen LogP contribution in [0.4, 0.5) is 0 Å². The Morgan fingerprint density at radius 3 is 2.65 bits per heavy atom. The molecule has 6 heteroatoms. The molecule has 0 saturated heterocycles. The monoisotopic (exact) mass is 236 g/mol. The first kappa shape index (κ1) is 13.1. The smallest absolute Gasteiger partial charge is 0.267 e. The third-order valence-electron chi connectivity index (χ3n) is 2.34. The van der Waals surface area contributed by atoms with E-state index in [1.807, 2.05) is 14.0 Å². The Balaban J connectivity index is 2.61. The van der Waals surface area contributed by atoms with Crippen LogP contribution in [0.2, 0.25) is 0 Å². The minimum Gasteiger partial charge on any atom is -0.364 e. The number of rotatable bonds is 5. The maximum absolute atomic E-state index is 11.7. The number of carbonyl (C=O) groups is 2. The zero-order chi connectivity index (χ0) is 12.8. The first-order chi connectivity index (χ1) is 8.04. The van der Waals surface area contributed by atoms with E-state index in [0.717, 1.165) is 0 Å². The third kappa shape index (κ3) is 3.84. The number of likely N-dealkylation sites (N-methyl/N-ethyl adjacent to an activating group) is 1. The van der Waals surface area contributed by atoms with Gasteiger partial charge in [0.1, 0.15) is 5.69 Å². The zero-order valence-electron chi connectivity index (χ0n) is 9.86. The Bertz CT molecular complexity index is 402. The minimum atomic E-state index is -0.610. The normalized spacial score (nSPS) is 11.9. The van der Waals surface area contributed by atoms with Gasteiger partial charge in [0, 0.05) is 18.8 Å². The van der Waals surface area contributed by atoms with Gasteiger partial charge in [0.25, 0.3) is 11.8 Å². The van der Waals surface area contributed by atoms with Gasteiger partial charge in [-0.25, -0.2) is 0 Å². The van der Waals surface area contributed by atoms with Crippen LogP contribution in [0.3, 0.4) is 0 Å². The number of hydrogen-bond donors (Lipinski definition) is 3. The average Bonchev–Trinajstić information content (AvgIpc) is 2.35. The van der Waals surface area contributed by atoms with Crippen molar-refractivity contribution in [2.75, 3.05) is 13.6 Å². The molecule has 0 aliphatic rings. The van der Waals surface area contributed by atoms with E-state index in [0.29, 0.717) is 12.1 Å². The summed E-state index contributed by atoms with van der Waals surface area (Å²) in [6, 6.07) is 3.14. The molecular formula is C11H16N4O2. The summed E-state index contributed by atoms with van der Waals surface area (Å²) >= 11 is 0. The SMILES string of the molecule is CNC(C)CNC(=O)c1ccc(C(N)=O)nc1. The molecule has 0 fully saturated rings. The summed E-state index contributed by atoms with van der Waals surface area (Å²) in [4.78, 5) is 26.2. The molecule has 0 aliphatic carbocycles. The fourth-order valence-corrected chi connectivity index (χ4v) is 1.12. The van der Waals surface area contributed by atoms with Crippen LogP contribution in [0, 0.1) is 0 Å². The third-order valence-corrected chi connectivity index (χ3v) is 2.34. The Morgan fingerprint density at radius 2 is 2.18 bits per heavy atom. The fourth-order valence-electron chi connectivity index (χ4n) is 1.12. The van der Waals surface area contributed by atoms with Gasteiger partial charge in [-0.1, -0.05) is 0 Å². The molecule has 1 atom stereocenters. The molecule has 17 heavy (non-hydrogen) atoms. The van der Waals surface area contributed by atoms with Crippen molar-refractivity contribution in [3.8, 4) is 0 Å². The van der Waals surface area contributed by atoms with Gasteiger partial charge in [0.15, 0.2) is 0 Å². The van der Waals surface area contributed by atoms with Gasteiger partial charge in [0.2, 0.25) is 0 Å². The first-order valence-corrected chi connectivity index (χ1v) is 5.26. The first-order valence-electron chi connectivity index (χ1n) is 5.26. The van der Waals surface area contributed by atoms with Gasteiger partial charge in [0.05, 0.1) is 5.56 Å². The molecule has 4 N–H and O–H groups in total. The molecule has 6 nitrogen and oxygen atoms in total. The zero-order valence-corrected chi connectivity index (χ0v) is 9.86. The van der Waals surface area contributed by atoms with Gasteiger partial charge >= 0.3 is 0 Å². The highest BCUT2D eigenvalue weighted by molar-refractivity contribution is 5.95. The van der Waals surface area contributed by atoms with Crippen molar-refractivity contribution in [1.29, 1.82) is 0 Å². The Kier molecular flexibility index (Phi) is 4.59. The predicted molar refractivity (Wildman–Crippen MR) is 63.6 cm³/mol. The number of primary amides is 1. The van der Waals surface area contributed by atoms with Crippen molar-refractivity contribution in [2.24, 2.45) is 5.73 Å². The van der Waals surface area contributed by atoms with Crippen LogP contribution < -0.4 is 16.4 Å². The number of hydrogen-bond acceptors (Lipinski definition) is 4. The summed E-state index contributed by atoms with van der Waals surface area (Å²) in [5.74, 6) is -0.837. The number of amides is 2. The van der Waals surface area contributed by atoms with Gasteiger partial charge in [-0.05, 0) is 26.1 Å². The number of nitrogens with two attached hydrogens (primary N) is 1. The summed E-state index contributed by atoms with van der Waals surface area (Å²) in [6.45, 7) is 2.47. The van der Waals surface area contributed by atoms with Crippen LogP contribution in [0.15, 0.2) is 18.3 Å². The van der Waals surface area contributed by atoms with Gasteiger partial charge < -0.3 is 16.4 Å². The van der Waals surface area contributed by atoms with E-state index in [1.165, 1.54) is 18.3 Å². The molecule has 0 spiro atoms. The van der Waals surface area contributed by atoms with E-state index in [4.69, 9.17) is 5.73 Å². The highest BCUT2D eigenvalue weighted by atomic mass is 16.2. The lowest BCUT2D eigenvalue weighted by Crippen LogP contribution is -2.37. The number of nitrogens with zero attached hydrogens (tertiary/aromatic N) is 1. The number of aromatic nitrogens is 1. The summed E-state index contributed by atoms with van der Waals surface area (Å²) in [6.07, 6.45) is 1.33. The average molecular weight is 236 g/mol. The molecule has 0 bridgehead atoms. The summed E-state index contributed by atoms with van der Waals surface area (Å²) in [5.41, 5.74) is 5.59. The molecule has 1 aromatic heterocycles. The molecule has 92 valence electrons. The van der Waals surface area contributed by atoms with Crippen molar-refractivity contribution in [2.45, 2.75) is 13.0 Å². The van der Waals surface area contributed by atoms with Crippen LogP contribution in [-0.2, 0) is 0 Å². The Labute approximate surface area is 99.6 Å².